The van der Waals surface area contributed by atoms with Crippen molar-refractivity contribution in [1.82, 2.24) is 5.06 Å². The highest BCUT2D eigenvalue weighted by Gasteiger charge is 2.16. The monoisotopic (exact) mass is 245 g/mol. The molecule has 18 heavy (non-hydrogen) atoms. The fraction of sp³-hybridized carbons (Fsp3) is 0.357. The zero-order valence-corrected chi connectivity index (χ0v) is 10.1. The second-order valence-electron chi connectivity index (χ2n) is 4.43. The lowest BCUT2D eigenvalue weighted by molar-refractivity contribution is -0.162. The number of hydrogen-bond acceptors (Lipinski definition) is 3. The van der Waals surface area contributed by atoms with Gasteiger partial charge in [-0.2, -0.15) is 0 Å². The molecule has 0 radical (unpaired) electrons. The van der Waals surface area contributed by atoms with E-state index in [0.717, 1.165) is 30.8 Å². The summed E-state index contributed by atoms with van der Waals surface area (Å²) in [6.07, 6.45) is 5.24. The number of benzene rings is 1. The van der Waals surface area contributed by atoms with Crippen LogP contribution in [0, 0.1) is 0 Å². The molecule has 0 unspecified atom stereocenters. The van der Waals surface area contributed by atoms with E-state index >= 15 is 0 Å². The summed E-state index contributed by atoms with van der Waals surface area (Å²) in [5.74, 6) is 0.866. The van der Waals surface area contributed by atoms with Crippen LogP contribution in [-0.2, 0) is 16.1 Å². The Morgan fingerprint density at radius 3 is 3.11 bits per heavy atom. The van der Waals surface area contributed by atoms with Gasteiger partial charge in [0.2, 0.25) is 0 Å². The number of hydroxylamine groups is 2. The molecule has 1 amide bonds. The van der Waals surface area contributed by atoms with Crippen molar-refractivity contribution in [3.8, 4) is 5.75 Å². The number of carbonyl (C=O) groups is 1. The van der Waals surface area contributed by atoms with Crippen LogP contribution in [0.25, 0.3) is 6.08 Å². The van der Waals surface area contributed by atoms with E-state index < -0.39 is 0 Å². The van der Waals surface area contributed by atoms with E-state index in [2.05, 4.69) is 6.07 Å². The van der Waals surface area contributed by atoms with Crippen LogP contribution >= 0.6 is 0 Å². The first-order chi connectivity index (χ1) is 8.83. The van der Waals surface area contributed by atoms with Gasteiger partial charge in [0.05, 0.1) is 19.8 Å². The Balaban J connectivity index is 1.70. The molecule has 2 aliphatic rings. The standard InChI is InChI=1S/C14H15NO3/c16-14(15-7-1-8-18-15)5-3-11-2-4-13-12(10-11)6-9-17-13/h2-5,10H,1,6-9H2/b5-3+. The summed E-state index contributed by atoms with van der Waals surface area (Å²) in [4.78, 5) is 16.9. The van der Waals surface area contributed by atoms with Gasteiger partial charge in [0.1, 0.15) is 5.75 Å². The van der Waals surface area contributed by atoms with Crippen molar-refractivity contribution in [1.29, 1.82) is 0 Å². The van der Waals surface area contributed by atoms with E-state index in [1.54, 1.807) is 6.08 Å². The summed E-state index contributed by atoms with van der Waals surface area (Å²) in [5.41, 5.74) is 2.23. The molecule has 4 nitrogen and oxygen atoms in total. The third-order valence-corrected chi connectivity index (χ3v) is 3.13. The van der Waals surface area contributed by atoms with Crippen LogP contribution in [0.4, 0.5) is 0 Å². The van der Waals surface area contributed by atoms with Gasteiger partial charge in [0.15, 0.2) is 0 Å². The molecule has 94 valence electrons. The van der Waals surface area contributed by atoms with Gasteiger partial charge in [-0.3, -0.25) is 9.63 Å². The molecule has 0 aromatic heterocycles. The first-order valence-electron chi connectivity index (χ1n) is 6.21. The molecule has 1 aromatic rings. The number of amides is 1. The van der Waals surface area contributed by atoms with Crippen LogP contribution in [0.15, 0.2) is 24.3 Å². The smallest absolute Gasteiger partial charge is 0.270 e. The minimum absolute atomic E-state index is 0.0933. The second-order valence-corrected chi connectivity index (χ2v) is 4.43. The predicted octanol–water partition coefficient (Wildman–Crippen LogP) is 1.80. The van der Waals surface area contributed by atoms with Crippen LogP contribution in [0.1, 0.15) is 17.5 Å². The van der Waals surface area contributed by atoms with Crippen molar-refractivity contribution in [3.05, 3.63) is 35.4 Å². The molecule has 2 heterocycles. The maximum Gasteiger partial charge on any atom is 0.270 e. The molecule has 0 atom stereocenters. The maximum atomic E-state index is 11.7. The molecule has 2 aliphatic heterocycles. The zero-order chi connectivity index (χ0) is 12.4. The summed E-state index contributed by atoms with van der Waals surface area (Å²) in [6.45, 7) is 2.07. The van der Waals surface area contributed by atoms with E-state index in [9.17, 15) is 4.79 Å². The Hall–Kier alpha value is -1.81. The molecule has 0 bridgehead atoms. The average molecular weight is 245 g/mol. The number of carbonyl (C=O) groups excluding carboxylic acids is 1. The van der Waals surface area contributed by atoms with Crippen molar-refractivity contribution in [3.63, 3.8) is 0 Å². The molecule has 1 saturated heterocycles. The van der Waals surface area contributed by atoms with Crippen LogP contribution in [-0.4, -0.2) is 30.7 Å². The number of hydrogen-bond donors (Lipinski definition) is 0. The topological polar surface area (TPSA) is 38.8 Å². The fourth-order valence-corrected chi connectivity index (χ4v) is 2.18. The van der Waals surface area contributed by atoms with Crippen molar-refractivity contribution in [2.75, 3.05) is 19.8 Å². The zero-order valence-electron chi connectivity index (χ0n) is 10.1. The van der Waals surface area contributed by atoms with Crippen LogP contribution in [0.3, 0.4) is 0 Å². The van der Waals surface area contributed by atoms with Gasteiger partial charge in [-0.05, 0) is 35.8 Å². The molecule has 0 spiro atoms. The molecule has 0 saturated carbocycles. The van der Waals surface area contributed by atoms with Crippen molar-refractivity contribution in [2.24, 2.45) is 0 Å². The summed E-state index contributed by atoms with van der Waals surface area (Å²) >= 11 is 0. The largest absolute Gasteiger partial charge is 0.493 e. The summed E-state index contributed by atoms with van der Waals surface area (Å²) < 4.78 is 5.44. The van der Waals surface area contributed by atoms with Gasteiger partial charge < -0.3 is 4.74 Å². The average Bonchev–Trinajstić information content (AvgIpc) is 3.05. The van der Waals surface area contributed by atoms with Gasteiger partial charge in [0.25, 0.3) is 5.91 Å². The Morgan fingerprint density at radius 1 is 1.33 bits per heavy atom. The van der Waals surface area contributed by atoms with Crippen LogP contribution in [0.5, 0.6) is 5.75 Å². The van der Waals surface area contributed by atoms with Crippen molar-refractivity contribution < 1.29 is 14.4 Å². The molecule has 1 fully saturated rings. The Labute approximate surface area is 106 Å². The van der Waals surface area contributed by atoms with Crippen molar-refractivity contribution >= 4 is 12.0 Å². The van der Waals surface area contributed by atoms with Gasteiger partial charge in [-0.15, -0.1) is 0 Å². The van der Waals surface area contributed by atoms with Crippen LogP contribution in [0.2, 0.25) is 0 Å². The van der Waals surface area contributed by atoms with E-state index in [4.69, 9.17) is 9.57 Å². The normalized spacial score (nSPS) is 18.1. The third-order valence-electron chi connectivity index (χ3n) is 3.13. The number of fused-ring (bicyclic) bond motifs is 1. The Kier molecular flexibility index (Phi) is 3.02. The molecule has 0 N–H and O–H groups in total. The predicted molar refractivity (Wildman–Crippen MR) is 67.0 cm³/mol. The Bertz CT molecular complexity index is 490. The number of rotatable bonds is 2. The highest BCUT2D eigenvalue weighted by Crippen LogP contribution is 2.26. The first kappa shape index (κ1) is 11.3. The SMILES string of the molecule is O=C(/C=C/c1ccc2c(c1)CCO2)N1CCCO1. The summed E-state index contributed by atoms with van der Waals surface area (Å²) in [7, 11) is 0. The van der Waals surface area contributed by atoms with Gasteiger partial charge >= 0.3 is 0 Å². The third kappa shape index (κ3) is 2.24. The lowest BCUT2D eigenvalue weighted by Gasteiger charge is -2.10. The molecule has 0 aliphatic carbocycles. The minimum Gasteiger partial charge on any atom is -0.493 e. The highest BCUT2D eigenvalue weighted by atomic mass is 16.7. The molecule has 3 rings (SSSR count). The number of ether oxygens (including phenoxy) is 1. The van der Waals surface area contributed by atoms with E-state index in [0.29, 0.717) is 13.2 Å². The second kappa shape index (κ2) is 4.82. The van der Waals surface area contributed by atoms with E-state index in [1.165, 1.54) is 10.6 Å². The first-order valence-corrected chi connectivity index (χ1v) is 6.21. The Morgan fingerprint density at radius 2 is 2.28 bits per heavy atom. The molecule has 4 heteroatoms. The maximum absolute atomic E-state index is 11.7. The molecular formula is C14H15NO3. The van der Waals surface area contributed by atoms with E-state index in [1.807, 2.05) is 18.2 Å². The molecule has 1 aromatic carbocycles. The van der Waals surface area contributed by atoms with Gasteiger partial charge in [-0.25, -0.2) is 5.06 Å². The highest BCUT2D eigenvalue weighted by molar-refractivity contribution is 5.91. The fourth-order valence-electron chi connectivity index (χ4n) is 2.18. The molecular weight excluding hydrogens is 230 g/mol. The van der Waals surface area contributed by atoms with Crippen molar-refractivity contribution in [2.45, 2.75) is 12.8 Å². The quantitative estimate of drug-likeness (QED) is 0.746. The summed E-state index contributed by atoms with van der Waals surface area (Å²) in [5, 5.41) is 1.41. The minimum atomic E-state index is -0.0933. The van der Waals surface area contributed by atoms with Crippen LogP contribution < -0.4 is 4.74 Å². The van der Waals surface area contributed by atoms with E-state index in [-0.39, 0.29) is 5.91 Å². The van der Waals surface area contributed by atoms with Gasteiger partial charge in [0, 0.05) is 12.5 Å². The van der Waals surface area contributed by atoms with Gasteiger partial charge in [-0.1, -0.05) is 6.07 Å². The lowest BCUT2D eigenvalue weighted by Crippen LogP contribution is -2.24. The summed E-state index contributed by atoms with van der Waals surface area (Å²) in [6, 6.07) is 5.98. The number of nitrogens with zero attached hydrogens (tertiary/aromatic N) is 1. The lowest BCUT2D eigenvalue weighted by atomic mass is 10.1.